The van der Waals surface area contributed by atoms with Crippen molar-refractivity contribution in [3.63, 3.8) is 0 Å². The molecule has 1 saturated carbocycles. The van der Waals surface area contributed by atoms with E-state index in [0.29, 0.717) is 12.6 Å². The van der Waals surface area contributed by atoms with Crippen LogP contribution in [-0.4, -0.2) is 17.6 Å². The molecular formula is C14H23N3. The minimum atomic E-state index is 0.482. The van der Waals surface area contributed by atoms with E-state index in [1.165, 1.54) is 24.0 Å². The lowest BCUT2D eigenvalue weighted by molar-refractivity contribution is 0.632. The largest absolute Gasteiger partial charge is 0.354 e. The molecule has 0 spiro atoms. The van der Waals surface area contributed by atoms with E-state index in [1.807, 2.05) is 12.3 Å². The first-order valence-electron chi connectivity index (χ1n) is 6.54. The SMILES string of the molecule is Cc1ccnc(N(CC2CC2)C(C)C)c1CN. The zero-order chi connectivity index (χ0) is 12.4. The third-order valence-electron chi connectivity index (χ3n) is 3.52. The summed E-state index contributed by atoms with van der Waals surface area (Å²) in [6.07, 6.45) is 4.63. The van der Waals surface area contributed by atoms with E-state index in [9.17, 15) is 0 Å². The van der Waals surface area contributed by atoms with Gasteiger partial charge >= 0.3 is 0 Å². The van der Waals surface area contributed by atoms with E-state index >= 15 is 0 Å². The molecule has 0 bridgehead atoms. The van der Waals surface area contributed by atoms with Crippen molar-refractivity contribution in [2.24, 2.45) is 11.7 Å². The lowest BCUT2D eigenvalue weighted by atomic mass is 10.1. The second-order valence-electron chi connectivity index (χ2n) is 5.32. The van der Waals surface area contributed by atoms with Gasteiger partial charge in [-0.3, -0.25) is 0 Å². The van der Waals surface area contributed by atoms with E-state index in [1.54, 1.807) is 0 Å². The Balaban J connectivity index is 2.30. The van der Waals surface area contributed by atoms with Gasteiger partial charge in [0.25, 0.3) is 0 Å². The van der Waals surface area contributed by atoms with Crippen LogP contribution in [0.4, 0.5) is 5.82 Å². The van der Waals surface area contributed by atoms with Crippen LogP contribution in [0.15, 0.2) is 12.3 Å². The third kappa shape index (κ3) is 2.78. The molecule has 3 heteroatoms. The maximum Gasteiger partial charge on any atom is 0.133 e. The molecule has 17 heavy (non-hydrogen) atoms. The quantitative estimate of drug-likeness (QED) is 0.849. The van der Waals surface area contributed by atoms with E-state index in [2.05, 4.69) is 30.7 Å². The minimum Gasteiger partial charge on any atom is -0.354 e. The molecule has 0 aromatic carbocycles. The summed E-state index contributed by atoms with van der Waals surface area (Å²) in [6.45, 7) is 8.27. The van der Waals surface area contributed by atoms with Crippen LogP contribution in [0.3, 0.4) is 0 Å². The van der Waals surface area contributed by atoms with Crippen molar-refractivity contribution in [1.29, 1.82) is 0 Å². The molecule has 1 aliphatic carbocycles. The predicted molar refractivity (Wildman–Crippen MR) is 72.1 cm³/mol. The fourth-order valence-electron chi connectivity index (χ4n) is 2.19. The Morgan fingerprint density at radius 3 is 2.71 bits per heavy atom. The van der Waals surface area contributed by atoms with Gasteiger partial charge in [-0.05, 0) is 51.2 Å². The molecule has 0 unspecified atom stereocenters. The summed E-state index contributed by atoms with van der Waals surface area (Å²) in [5.74, 6) is 1.96. The molecule has 0 amide bonds. The van der Waals surface area contributed by atoms with Gasteiger partial charge in [0.1, 0.15) is 5.82 Å². The highest BCUT2D eigenvalue weighted by atomic mass is 15.2. The zero-order valence-electron chi connectivity index (χ0n) is 11.1. The van der Waals surface area contributed by atoms with Crippen molar-refractivity contribution >= 4 is 5.82 Å². The Kier molecular flexibility index (Phi) is 3.67. The maximum atomic E-state index is 5.87. The number of nitrogens with two attached hydrogens (primary N) is 1. The second kappa shape index (κ2) is 5.05. The summed E-state index contributed by atoms with van der Waals surface area (Å²) in [6, 6.07) is 2.52. The molecule has 0 aliphatic heterocycles. The molecule has 1 heterocycles. The first-order valence-corrected chi connectivity index (χ1v) is 6.54. The third-order valence-corrected chi connectivity index (χ3v) is 3.52. The Labute approximate surface area is 104 Å². The summed E-state index contributed by atoms with van der Waals surface area (Å²) in [4.78, 5) is 6.97. The lowest BCUT2D eigenvalue weighted by Crippen LogP contribution is -2.34. The number of nitrogens with zero attached hydrogens (tertiary/aromatic N) is 2. The van der Waals surface area contributed by atoms with Gasteiger partial charge in [-0.1, -0.05) is 0 Å². The number of hydrogen-bond acceptors (Lipinski definition) is 3. The van der Waals surface area contributed by atoms with Crippen molar-refractivity contribution in [3.05, 3.63) is 23.4 Å². The van der Waals surface area contributed by atoms with Crippen LogP contribution in [0, 0.1) is 12.8 Å². The normalized spacial score (nSPS) is 15.4. The van der Waals surface area contributed by atoms with Gasteiger partial charge in [0.15, 0.2) is 0 Å². The summed E-state index contributed by atoms with van der Waals surface area (Å²) in [5, 5.41) is 0. The number of anilines is 1. The van der Waals surface area contributed by atoms with Crippen molar-refractivity contribution in [1.82, 2.24) is 4.98 Å². The molecule has 1 fully saturated rings. The van der Waals surface area contributed by atoms with Crippen LogP contribution in [0.1, 0.15) is 37.8 Å². The van der Waals surface area contributed by atoms with Gasteiger partial charge in [0.2, 0.25) is 0 Å². The van der Waals surface area contributed by atoms with Crippen LogP contribution in [0.5, 0.6) is 0 Å². The van der Waals surface area contributed by atoms with Crippen LogP contribution < -0.4 is 10.6 Å². The Hall–Kier alpha value is -1.09. The number of aryl methyl sites for hydroxylation is 1. The molecule has 0 atom stereocenters. The monoisotopic (exact) mass is 233 g/mol. The first-order chi connectivity index (χ1) is 8.13. The summed E-state index contributed by atoms with van der Waals surface area (Å²) >= 11 is 0. The Bertz CT molecular complexity index is 383. The van der Waals surface area contributed by atoms with Gasteiger partial charge in [-0.25, -0.2) is 4.98 Å². The Morgan fingerprint density at radius 1 is 1.47 bits per heavy atom. The molecule has 94 valence electrons. The van der Waals surface area contributed by atoms with Gasteiger partial charge in [0.05, 0.1) is 0 Å². The number of aromatic nitrogens is 1. The molecule has 1 aromatic rings. The fraction of sp³-hybridized carbons (Fsp3) is 0.643. The molecule has 2 N–H and O–H groups in total. The molecule has 3 nitrogen and oxygen atoms in total. The number of rotatable bonds is 5. The Morgan fingerprint density at radius 2 is 2.18 bits per heavy atom. The smallest absolute Gasteiger partial charge is 0.133 e. The van der Waals surface area contributed by atoms with Gasteiger partial charge < -0.3 is 10.6 Å². The van der Waals surface area contributed by atoms with E-state index in [4.69, 9.17) is 5.73 Å². The highest BCUT2D eigenvalue weighted by Crippen LogP contribution is 2.33. The van der Waals surface area contributed by atoms with Crippen LogP contribution in [0.2, 0.25) is 0 Å². The van der Waals surface area contributed by atoms with Gasteiger partial charge in [0, 0.05) is 30.9 Å². The highest BCUT2D eigenvalue weighted by molar-refractivity contribution is 5.51. The van der Waals surface area contributed by atoms with Crippen LogP contribution in [0.25, 0.3) is 0 Å². The van der Waals surface area contributed by atoms with Crippen molar-refractivity contribution in [2.75, 3.05) is 11.4 Å². The summed E-state index contributed by atoms with van der Waals surface area (Å²) in [7, 11) is 0. The van der Waals surface area contributed by atoms with Crippen molar-refractivity contribution in [2.45, 2.75) is 46.2 Å². The zero-order valence-corrected chi connectivity index (χ0v) is 11.1. The van der Waals surface area contributed by atoms with Crippen LogP contribution >= 0.6 is 0 Å². The van der Waals surface area contributed by atoms with E-state index in [0.717, 1.165) is 18.3 Å². The second-order valence-corrected chi connectivity index (χ2v) is 5.32. The van der Waals surface area contributed by atoms with E-state index in [-0.39, 0.29) is 0 Å². The molecule has 1 aromatic heterocycles. The number of hydrogen-bond donors (Lipinski definition) is 1. The van der Waals surface area contributed by atoms with E-state index < -0.39 is 0 Å². The average molecular weight is 233 g/mol. The van der Waals surface area contributed by atoms with Crippen molar-refractivity contribution in [3.8, 4) is 0 Å². The fourth-order valence-corrected chi connectivity index (χ4v) is 2.19. The summed E-state index contributed by atoms with van der Waals surface area (Å²) < 4.78 is 0. The topological polar surface area (TPSA) is 42.2 Å². The summed E-state index contributed by atoms with van der Waals surface area (Å²) in [5.41, 5.74) is 8.31. The maximum absolute atomic E-state index is 5.87. The molecule has 1 aliphatic rings. The number of pyridine rings is 1. The van der Waals surface area contributed by atoms with Gasteiger partial charge in [-0.2, -0.15) is 0 Å². The van der Waals surface area contributed by atoms with Crippen LogP contribution in [-0.2, 0) is 6.54 Å². The minimum absolute atomic E-state index is 0.482. The first kappa shape index (κ1) is 12.4. The highest BCUT2D eigenvalue weighted by Gasteiger charge is 2.27. The lowest BCUT2D eigenvalue weighted by Gasteiger charge is -2.30. The standard InChI is InChI=1S/C14H23N3/c1-10(2)17(9-12-4-5-12)14-13(8-15)11(3)6-7-16-14/h6-7,10,12H,4-5,8-9,15H2,1-3H3. The van der Waals surface area contributed by atoms with Crippen molar-refractivity contribution < 1.29 is 0 Å². The predicted octanol–water partition coefficient (Wildman–Crippen LogP) is 2.47. The van der Waals surface area contributed by atoms with Gasteiger partial charge in [-0.15, -0.1) is 0 Å². The average Bonchev–Trinajstić information content (AvgIpc) is 3.09. The molecular weight excluding hydrogens is 210 g/mol. The molecule has 2 rings (SSSR count). The molecule has 0 radical (unpaired) electrons. The molecule has 0 saturated heterocycles.